The van der Waals surface area contributed by atoms with Crippen molar-refractivity contribution in [2.75, 3.05) is 0 Å². The molecule has 3 nitrogen and oxygen atoms in total. The Kier molecular flexibility index (Phi) is 3.43. The Labute approximate surface area is 78.4 Å². The normalized spacial score (nSPS) is 11.0. The summed E-state index contributed by atoms with van der Waals surface area (Å²) in [6, 6.07) is 0. The van der Waals surface area contributed by atoms with Crippen LogP contribution in [-0.2, 0) is 13.2 Å². The van der Waals surface area contributed by atoms with Gasteiger partial charge in [-0.3, -0.25) is 4.98 Å². The van der Waals surface area contributed by atoms with E-state index in [0.717, 1.165) is 6.20 Å². The summed E-state index contributed by atoms with van der Waals surface area (Å²) in [5.41, 5.74) is 3.94. The van der Waals surface area contributed by atoms with Crippen LogP contribution in [0.3, 0.4) is 0 Å². The van der Waals surface area contributed by atoms with E-state index in [-0.39, 0.29) is 12.1 Å². The van der Waals surface area contributed by atoms with E-state index in [9.17, 15) is 13.2 Å². The van der Waals surface area contributed by atoms with Crippen LogP contribution < -0.4 is 5.73 Å². The molecule has 0 atom stereocenters. The predicted molar refractivity (Wildman–Crippen MR) is 43.0 cm³/mol. The molecule has 0 aliphatic carbocycles. The number of halogens is 3. The highest BCUT2D eigenvalue weighted by Crippen LogP contribution is 2.26. The minimum absolute atomic E-state index is 0.0466. The zero-order valence-corrected chi connectivity index (χ0v) is 7.17. The van der Waals surface area contributed by atoms with Crippen molar-refractivity contribution in [2.24, 2.45) is 5.73 Å². The molecular formula is C8H9F3N2O. The van der Waals surface area contributed by atoms with Gasteiger partial charge in [0.05, 0.1) is 12.2 Å². The zero-order chi connectivity index (χ0) is 10.7. The Morgan fingerprint density at radius 2 is 2.14 bits per heavy atom. The molecule has 1 rings (SSSR count). The van der Waals surface area contributed by atoms with Crippen LogP contribution in [0.4, 0.5) is 13.2 Å². The Morgan fingerprint density at radius 3 is 2.57 bits per heavy atom. The van der Waals surface area contributed by atoms with Gasteiger partial charge in [-0.2, -0.15) is 0 Å². The highest BCUT2D eigenvalue weighted by atomic mass is 19.3. The fourth-order valence-corrected chi connectivity index (χ4v) is 1.09. The Bertz CT molecular complexity index is 331. The lowest BCUT2D eigenvalue weighted by molar-refractivity contribution is 0.143. The smallest absolute Gasteiger partial charge is 0.267 e. The molecule has 0 radical (unpaired) electrons. The molecule has 0 amide bonds. The number of aromatic nitrogens is 1. The molecule has 0 unspecified atom stereocenters. The van der Waals surface area contributed by atoms with Crippen molar-refractivity contribution in [3.8, 4) is 0 Å². The quantitative estimate of drug-likeness (QED) is 0.778. The van der Waals surface area contributed by atoms with E-state index in [1.165, 1.54) is 0 Å². The van der Waals surface area contributed by atoms with Crippen molar-refractivity contribution in [2.45, 2.75) is 19.6 Å². The maximum Gasteiger partial charge on any atom is 0.267 e. The van der Waals surface area contributed by atoms with Crippen molar-refractivity contribution in [3.05, 3.63) is 28.8 Å². The van der Waals surface area contributed by atoms with E-state index in [4.69, 9.17) is 10.8 Å². The van der Waals surface area contributed by atoms with Crippen LogP contribution in [0.1, 0.15) is 23.2 Å². The van der Waals surface area contributed by atoms with E-state index in [2.05, 4.69) is 4.98 Å². The van der Waals surface area contributed by atoms with Crippen molar-refractivity contribution in [3.63, 3.8) is 0 Å². The molecule has 0 aliphatic heterocycles. The summed E-state index contributed by atoms with van der Waals surface area (Å²) in [6.07, 6.45) is -1.90. The highest BCUT2D eigenvalue weighted by Gasteiger charge is 2.21. The Balaban J connectivity index is 3.31. The number of pyridine rings is 1. The molecule has 78 valence electrons. The first-order valence-corrected chi connectivity index (χ1v) is 3.87. The molecule has 0 fully saturated rings. The van der Waals surface area contributed by atoms with Gasteiger partial charge in [0.2, 0.25) is 0 Å². The lowest BCUT2D eigenvalue weighted by Gasteiger charge is -2.09. The number of hydrogen-bond acceptors (Lipinski definition) is 3. The Hall–Kier alpha value is -1.14. The number of rotatable bonds is 3. The number of alkyl halides is 2. The largest absolute Gasteiger partial charge is 0.390 e. The maximum atomic E-state index is 13.2. The van der Waals surface area contributed by atoms with E-state index >= 15 is 0 Å². The SMILES string of the molecule is NCc1cnc(CO)c(F)c1C(F)F. The third kappa shape index (κ3) is 1.85. The van der Waals surface area contributed by atoms with Gasteiger partial charge >= 0.3 is 0 Å². The zero-order valence-electron chi connectivity index (χ0n) is 7.17. The molecule has 6 heteroatoms. The van der Waals surface area contributed by atoms with Gasteiger partial charge < -0.3 is 10.8 Å². The van der Waals surface area contributed by atoms with E-state index < -0.39 is 30.1 Å². The van der Waals surface area contributed by atoms with Crippen molar-refractivity contribution >= 4 is 0 Å². The predicted octanol–water partition coefficient (Wildman–Crippen LogP) is 1.11. The molecule has 0 spiro atoms. The summed E-state index contributed by atoms with van der Waals surface area (Å²) in [7, 11) is 0. The number of hydrogen-bond donors (Lipinski definition) is 2. The van der Waals surface area contributed by atoms with E-state index in [1.54, 1.807) is 0 Å². The van der Waals surface area contributed by atoms with E-state index in [0.29, 0.717) is 0 Å². The van der Waals surface area contributed by atoms with Crippen LogP contribution in [-0.4, -0.2) is 10.1 Å². The fraction of sp³-hybridized carbons (Fsp3) is 0.375. The van der Waals surface area contributed by atoms with Crippen molar-refractivity contribution in [1.29, 1.82) is 0 Å². The second-order valence-corrected chi connectivity index (χ2v) is 2.62. The highest BCUT2D eigenvalue weighted by molar-refractivity contribution is 5.29. The number of nitrogens with two attached hydrogens (primary N) is 1. The second-order valence-electron chi connectivity index (χ2n) is 2.62. The van der Waals surface area contributed by atoms with Gasteiger partial charge in [-0.1, -0.05) is 0 Å². The molecule has 0 aromatic carbocycles. The van der Waals surface area contributed by atoms with Gasteiger partial charge in [-0.05, 0) is 5.56 Å². The summed E-state index contributed by atoms with van der Waals surface area (Å²) in [5.74, 6) is -1.18. The lowest BCUT2D eigenvalue weighted by atomic mass is 10.1. The summed E-state index contributed by atoms with van der Waals surface area (Å²) in [6.45, 7) is -0.925. The third-order valence-electron chi connectivity index (χ3n) is 1.80. The molecule has 1 heterocycles. The first-order valence-electron chi connectivity index (χ1n) is 3.87. The minimum atomic E-state index is -2.96. The van der Waals surface area contributed by atoms with Gasteiger partial charge in [0.25, 0.3) is 6.43 Å². The van der Waals surface area contributed by atoms with Crippen LogP contribution in [0, 0.1) is 5.82 Å². The molecule has 0 saturated heterocycles. The molecule has 0 bridgehead atoms. The number of aliphatic hydroxyl groups is 1. The van der Waals surface area contributed by atoms with Crippen LogP contribution >= 0.6 is 0 Å². The lowest BCUT2D eigenvalue weighted by Crippen LogP contribution is -2.09. The van der Waals surface area contributed by atoms with Gasteiger partial charge in [0.15, 0.2) is 5.82 Å². The minimum Gasteiger partial charge on any atom is -0.390 e. The first kappa shape index (κ1) is 10.9. The van der Waals surface area contributed by atoms with Gasteiger partial charge in [-0.15, -0.1) is 0 Å². The average Bonchev–Trinajstić information content (AvgIpc) is 2.16. The van der Waals surface area contributed by atoms with Gasteiger partial charge in [0.1, 0.15) is 5.69 Å². The standard InChI is InChI=1S/C8H9F3N2O/c9-7-5(3-14)13-2-4(1-12)6(7)8(10)11/h2,8,14H,1,3,12H2. The van der Waals surface area contributed by atoms with Crippen LogP contribution in [0.25, 0.3) is 0 Å². The van der Waals surface area contributed by atoms with Gasteiger partial charge in [-0.25, -0.2) is 13.2 Å². The van der Waals surface area contributed by atoms with Crippen LogP contribution in [0.2, 0.25) is 0 Å². The number of nitrogens with zero attached hydrogens (tertiary/aromatic N) is 1. The third-order valence-corrected chi connectivity index (χ3v) is 1.80. The molecule has 1 aromatic heterocycles. The molecule has 1 aromatic rings. The maximum absolute atomic E-state index is 13.2. The molecule has 0 aliphatic rings. The Morgan fingerprint density at radius 1 is 1.50 bits per heavy atom. The molecular weight excluding hydrogens is 197 g/mol. The first-order chi connectivity index (χ1) is 6.61. The molecule has 14 heavy (non-hydrogen) atoms. The summed E-state index contributed by atoms with van der Waals surface area (Å²) in [5, 5.41) is 8.61. The summed E-state index contributed by atoms with van der Waals surface area (Å²) < 4.78 is 38.0. The summed E-state index contributed by atoms with van der Waals surface area (Å²) >= 11 is 0. The fourth-order valence-electron chi connectivity index (χ4n) is 1.09. The van der Waals surface area contributed by atoms with Crippen LogP contribution in [0.5, 0.6) is 0 Å². The van der Waals surface area contributed by atoms with E-state index in [1.807, 2.05) is 0 Å². The second kappa shape index (κ2) is 4.39. The summed E-state index contributed by atoms with van der Waals surface area (Å²) in [4.78, 5) is 3.47. The van der Waals surface area contributed by atoms with Gasteiger partial charge in [0, 0.05) is 12.7 Å². The van der Waals surface area contributed by atoms with Crippen LogP contribution in [0.15, 0.2) is 6.20 Å². The molecule has 0 saturated carbocycles. The topological polar surface area (TPSA) is 59.1 Å². The molecule has 3 N–H and O–H groups in total. The van der Waals surface area contributed by atoms with Crippen molar-refractivity contribution < 1.29 is 18.3 Å². The average molecular weight is 206 g/mol. The monoisotopic (exact) mass is 206 g/mol. The number of aliphatic hydroxyl groups excluding tert-OH is 1. The van der Waals surface area contributed by atoms with Crippen molar-refractivity contribution in [1.82, 2.24) is 4.98 Å².